The van der Waals surface area contributed by atoms with E-state index in [1.165, 1.54) is 4.57 Å². The van der Waals surface area contributed by atoms with E-state index in [2.05, 4.69) is 5.32 Å². The van der Waals surface area contributed by atoms with Crippen LogP contribution in [0.1, 0.15) is 18.4 Å². The lowest BCUT2D eigenvalue weighted by Gasteiger charge is -2.24. The lowest BCUT2D eigenvalue weighted by molar-refractivity contribution is -0.139. The summed E-state index contributed by atoms with van der Waals surface area (Å²) < 4.78 is 64.9. The summed E-state index contributed by atoms with van der Waals surface area (Å²) in [6, 6.07) is 14.1. The van der Waals surface area contributed by atoms with Crippen molar-refractivity contribution >= 4 is 26.4 Å². The molecule has 4 rings (SSSR count). The van der Waals surface area contributed by atoms with Crippen molar-refractivity contribution < 1.29 is 21.6 Å². The minimum absolute atomic E-state index is 0.0348. The van der Waals surface area contributed by atoms with Crippen LogP contribution < -0.4 is 11.1 Å². The summed E-state index contributed by atoms with van der Waals surface area (Å²) in [4.78, 5) is 0. The third-order valence-corrected chi connectivity index (χ3v) is 7.40. The van der Waals surface area contributed by atoms with E-state index < -0.39 is 22.6 Å². The zero-order valence-corrected chi connectivity index (χ0v) is 17.6. The summed E-state index contributed by atoms with van der Waals surface area (Å²) in [5, 5.41) is 4.04. The molecule has 3 N–H and O–H groups in total. The monoisotopic (exact) mass is 451 g/mol. The van der Waals surface area contributed by atoms with Crippen molar-refractivity contribution in [1.82, 2.24) is 4.57 Å². The van der Waals surface area contributed by atoms with Gasteiger partial charge >= 0.3 is 6.18 Å². The molecule has 1 aliphatic heterocycles. The number of hydrogen-bond donors (Lipinski definition) is 2. The average Bonchev–Trinajstić information content (AvgIpc) is 3.07. The minimum atomic E-state index is -4.38. The smallest absolute Gasteiger partial charge is 0.382 e. The van der Waals surface area contributed by atoms with Gasteiger partial charge in [0.2, 0.25) is 0 Å². The van der Waals surface area contributed by atoms with E-state index >= 15 is 0 Å². The Kier molecular flexibility index (Phi) is 5.74. The molecular weight excluding hydrogens is 427 g/mol. The summed E-state index contributed by atoms with van der Waals surface area (Å²) in [6.07, 6.45) is -3.41. The Balaban J connectivity index is 1.76. The number of nitrogens with zero attached hydrogens (tertiary/aromatic N) is 1. The van der Waals surface area contributed by atoms with Crippen LogP contribution >= 0.6 is 0 Å². The Morgan fingerprint density at radius 3 is 2.35 bits per heavy atom. The van der Waals surface area contributed by atoms with Crippen LogP contribution in [0, 0.1) is 0 Å². The molecule has 0 spiro atoms. The number of fused-ring (bicyclic) bond motifs is 1. The Morgan fingerprint density at radius 1 is 1.06 bits per heavy atom. The summed E-state index contributed by atoms with van der Waals surface area (Å²) in [5.74, 6) is 0.239. The highest BCUT2D eigenvalue weighted by Crippen LogP contribution is 2.35. The molecule has 0 unspecified atom stereocenters. The summed E-state index contributed by atoms with van der Waals surface area (Å²) in [7, 11) is -2.99. The third kappa shape index (κ3) is 4.88. The van der Waals surface area contributed by atoms with Gasteiger partial charge in [0.05, 0.1) is 17.0 Å². The standard InChI is InChI=1S/C22H24F3N3O2S/c23-22(24,25)14-28-20-3-1-2-19(27-17-8-10-31(29,30)11-9-17)18(20)12-21(28)16-6-4-15(13-26)5-7-16/h1-7,12,17,27H,8-11,13-14,26H2. The molecule has 166 valence electrons. The quantitative estimate of drug-likeness (QED) is 0.606. The largest absolute Gasteiger partial charge is 0.406 e. The minimum Gasteiger partial charge on any atom is -0.382 e. The van der Waals surface area contributed by atoms with Crippen LogP contribution in [0.15, 0.2) is 48.5 Å². The molecule has 2 aromatic carbocycles. The number of halogens is 3. The molecule has 1 aromatic heterocycles. The van der Waals surface area contributed by atoms with Gasteiger partial charge in [0, 0.05) is 29.4 Å². The average molecular weight is 452 g/mol. The van der Waals surface area contributed by atoms with Crippen LogP contribution in [-0.2, 0) is 22.9 Å². The van der Waals surface area contributed by atoms with Gasteiger partial charge in [-0.15, -0.1) is 0 Å². The number of alkyl halides is 3. The Hall–Kier alpha value is -2.52. The summed E-state index contributed by atoms with van der Waals surface area (Å²) in [5.41, 5.74) is 8.87. The van der Waals surface area contributed by atoms with Crippen molar-refractivity contribution in [3.8, 4) is 11.3 Å². The lowest BCUT2D eigenvalue weighted by atomic mass is 10.1. The predicted octanol–water partition coefficient (Wildman–Crippen LogP) is 4.32. The Bertz CT molecular complexity index is 1170. The summed E-state index contributed by atoms with van der Waals surface area (Å²) >= 11 is 0. The van der Waals surface area contributed by atoms with E-state index in [1.54, 1.807) is 30.3 Å². The van der Waals surface area contributed by atoms with Gasteiger partial charge < -0.3 is 15.6 Å². The SMILES string of the molecule is NCc1ccc(-c2cc3c(NC4CCS(=O)(=O)CC4)cccc3n2CC(F)(F)F)cc1. The molecule has 3 aromatic rings. The van der Waals surface area contributed by atoms with Gasteiger partial charge in [0.1, 0.15) is 16.4 Å². The summed E-state index contributed by atoms with van der Waals surface area (Å²) in [6.45, 7) is -0.743. The highest BCUT2D eigenvalue weighted by atomic mass is 32.2. The van der Waals surface area contributed by atoms with Gasteiger partial charge in [-0.25, -0.2) is 8.42 Å². The van der Waals surface area contributed by atoms with Crippen molar-refractivity contribution in [2.75, 3.05) is 16.8 Å². The van der Waals surface area contributed by atoms with E-state index in [0.717, 1.165) is 5.56 Å². The van der Waals surface area contributed by atoms with Crippen LogP contribution in [0.3, 0.4) is 0 Å². The number of anilines is 1. The lowest BCUT2D eigenvalue weighted by Crippen LogP contribution is -2.32. The first-order valence-electron chi connectivity index (χ1n) is 10.1. The maximum atomic E-state index is 13.4. The molecule has 0 amide bonds. The van der Waals surface area contributed by atoms with Crippen molar-refractivity contribution in [3.05, 3.63) is 54.1 Å². The molecule has 0 aliphatic carbocycles. The molecule has 0 atom stereocenters. The first-order chi connectivity index (χ1) is 14.6. The molecule has 31 heavy (non-hydrogen) atoms. The van der Waals surface area contributed by atoms with E-state index in [1.807, 2.05) is 18.2 Å². The number of benzene rings is 2. The van der Waals surface area contributed by atoms with Gasteiger partial charge in [-0.05, 0) is 42.2 Å². The molecule has 0 radical (unpaired) electrons. The molecule has 1 saturated heterocycles. The van der Waals surface area contributed by atoms with Crippen molar-refractivity contribution in [1.29, 1.82) is 0 Å². The van der Waals surface area contributed by atoms with E-state index in [4.69, 9.17) is 5.73 Å². The number of nitrogens with one attached hydrogen (secondary N) is 1. The molecule has 0 saturated carbocycles. The van der Waals surface area contributed by atoms with Crippen molar-refractivity contribution in [2.24, 2.45) is 5.73 Å². The zero-order chi connectivity index (χ0) is 22.2. The second kappa shape index (κ2) is 8.20. The van der Waals surface area contributed by atoms with Crippen molar-refractivity contribution in [2.45, 2.75) is 38.1 Å². The molecule has 9 heteroatoms. The van der Waals surface area contributed by atoms with Crippen LogP contribution in [0.4, 0.5) is 18.9 Å². The van der Waals surface area contributed by atoms with Gasteiger partial charge in [0.25, 0.3) is 0 Å². The highest BCUT2D eigenvalue weighted by molar-refractivity contribution is 7.91. The number of hydrogen-bond acceptors (Lipinski definition) is 4. The third-order valence-electron chi connectivity index (χ3n) is 5.68. The molecule has 0 bridgehead atoms. The molecule has 1 aliphatic rings. The fraction of sp³-hybridized carbons (Fsp3) is 0.364. The topological polar surface area (TPSA) is 77.1 Å². The van der Waals surface area contributed by atoms with Gasteiger partial charge in [-0.2, -0.15) is 13.2 Å². The predicted molar refractivity (Wildman–Crippen MR) is 117 cm³/mol. The van der Waals surface area contributed by atoms with E-state index in [9.17, 15) is 21.6 Å². The second-order valence-corrected chi connectivity index (χ2v) is 10.2. The first-order valence-corrected chi connectivity index (χ1v) is 11.9. The maximum absolute atomic E-state index is 13.4. The Morgan fingerprint density at radius 2 is 1.74 bits per heavy atom. The molecule has 2 heterocycles. The number of sulfone groups is 1. The number of rotatable bonds is 5. The maximum Gasteiger partial charge on any atom is 0.406 e. The molecule has 5 nitrogen and oxygen atoms in total. The van der Waals surface area contributed by atoms with Gasteiger partial charge in [-0.3, -0.25) is 0 Å². The normalized spacial score (nSPS) is 17.2. The van der Waals surface area contributed by atoms with E-state index in [0.29, 0.717) is 47.2 Å². The van der Waals surface area contributed by atoms with E-state index in [-0.39, 0.29) is 17.5 Å². The zero-order valence-electron chi connectivity index (χ0n) is 16.8. The first kappa shape index (κ1) is 21.7. The van der Waals surface area contributed by atoms with Gasteiger partial charge in [0.15, 0.2) is 0 Å². The van der Waals surface area contributed by atoms with Gasteiger partial charge in [-0.1, -0.05) is 30.3 Å². The Labute approximate surface area is 179 Å². The van der Waals surface area contributed by atoms with Crippen LogP contribution in [0.5, 0.6) is 0 Å². The number of aromatic nitrogens is 1. The highest BCUT2D eigenvalue weighted by Gasteiger charge is 2.30. The fourth-order valence-corrected chi connectivity index (χ4v) is 5.56. The second-order valence-electron chi connectivity index (χ2n) is 7.94. The van der Waals surface area contributed by atoms with Crippen LogP contribution in [0.2, 0.25) is 0 Å². The van der Waals surface area contributed by atoms with Crippen molar-refractivity contribution in [3.63, 3.8) is 0 Å². The fourth-order valence-electron chi connectivity index (χ4n) is 4.07. The van der Waals surface area contributed by atoms with Crippen LogP contribution in [0.25, 0.3) is 22.2 Å². The van der Waals surface area contributed by atoms with Crippen LogP contribution in [-0.4, -0.2) is 36.7 Å². The molecular formula is C22H24F3N3O2S. The number of nitrogens with two attached hydrogens (primary N) is 1. The molecule has 1 fully saturated rings.